The van der Waals surface area contributed by atoms with Crippen LogP contribution >= 0.6 is 0 Å². The summed E-state index contributed by atoms with van der Waals surface area (Å²) in [5.74, 6) is -1.95. The third kappa shape index (κ3) is 16.4. The smallest absolute Gasteiger partial charge is 0.272 e. The number of hydrogen-bond acceptors (Lipinski definition) is 18. The van der Waals surface area contributed by atoms with Crippen LogP contribution in [0.2, 0.25) is 0 Å². The van der Waals surface area contributed by atoms with E-state index in [9.17, 15) is 0 Å². The molecule has 0 spiro atoms. The van der Waals surface area contributed by atoms with E-state index in [-0.39, 0.29) is 109 Å². The number of fused-ring (bicyclic) bond motifs is 8. The molecule has 0 aromatic carbocycles. The summed E-state index contributed by atoms with van der Waals surface area (Å²) in [5.41, 5.74) is 12.8. The fraction of sp³-hybridized carbons (Fsp3) is 0.413. The fourth-order valence-electron chi connectivity index (χ4n) is 16.6. The number of rotatable bonds is 10. The zero-order valence-corrected chi connectivity index (χ0v) is 73.1. The summed E-state index contributed by atoms with van der Waals surface area (Å²) in [6.45, 7) is 40.2. The summed E-state index contributed by atoms with van der Waals surface area (Å²) < 4.78 is 11.8. The first-order valence-electron chi connectivity index (χ1n) is 42.1. The second-order valence-electron chi connectivity index (χ2n) is 34.9. The third-order valence-electron chi connectivity index (χ3n) is 24.0. The molecule has 632 valence electrons. The van der Waals surface area contributed by atoms with Gasteiger partial charge in [0, 0.05) is 82.7 Å². The first-order valence-corrected chi connectivity index (χ1v) is 42.1. The predicted octanol–water partition coefficient (Wildman–Crippen LogP) is 13.0. The van der Waals surface area contributed by atoms with E-state index < -0.39 is 71.7 Å². The Kier molecular flexibility index (Phi) is 23.3. The Balaban J connectivity index is 0.894. The monoisotopic (exact) mass is 1640 g/mol. The van der Waals surface area contributed by atoms with Gasteiger partial charge in [-0.15, -0.1) is 0 Å². The lowest BCUT2D eigenvalue weighted by atomic mass is 10.0. The normalized spacial score (nSPS) is 18.0. The number of carbonyl (C=O) groups is 6. The summed E-state index contributed by atoms with van der Waals surface area (Å²) in [6, 6.07) is 18.6. The van der Waals surface area contributed by atoms with E-state index in [4.69, 9.17) is 49.8 Å². The Morgan fingerprint density at radius 1 is 0.270 bits per heavy atom. The highest BCUT2D eigenvalue weighted by Crippen LogP contribution is 2.37. The van der Waals surface area contributed by atoms with Gasteiger partial charge < -0.3 is 59.3 Å². The Bertz CT molecular complexity index is 5540. The lowest BCUT2D eigenvalue weighted by Crippen LogP contribution is -2.36. The zero-order chi connectivity index (χ0) is 86.9. The van der Waals surface area contributed by atoms with Gasteiger partial charge in [0.15, 0.2) is 0 Å². The summed E-state index contributed by atoms with van der Waals surface area (Å²) >= 11 is 0. The molecule has 21 rings (SSSR count). The molecular formula is C92H108N24O6. The first-order chi connectivity index (χ1) is 58.2. The average molecular weight is 1650 g/mol. The van der Waals surface area contributed by atoms with Crippen LogP contribution in [-0.2, 0) is 39.3 Å². The van der Waals surface area contributed by atoms with E-state index in [1.54, 1.807) is 37.2 Å². The van der Waals surface area contributed by atoms with Crippen molar-refractivity contribution >= 4 is 35.4 Å². The van der Waals surface area contributed by atoms with Crippen LogP contribution in [0.3, 0.4) is 0 Å². The number of hydrogen-bond donors (Lipinski definition) is 6. The summed E-state index contributed by atoms with van der Waals surface area (Å²) in [5, 5.41) is 20.1. The Hall–Kier alpha value is -13.0. The van der Waals surface area contributed by atoms with Gasteiger partial charge in [0.1, 0.15) is 69.1 Å². The molecule has 21 heterocycles. The van der Waals surface area contributed by atoms with Crippen molar-refractivity contribution in [3.8, 4) is 22.8 Å². The van der Waals surface area contributed by atoms with Gasteiger partial charge in [-0.25, -0.2) is 29.9 Å². The summed E-state index contributed by atoms with van der Waals surface area (Å²) in [7, 11) is 0. The molecule has 6 amide bonds. The number of pyridine rings is 6. The van der Waals surface area contributed by atoms with Crippen molar-refractivity contribution in [1.82, 2.24) is 119 Å². The van der Waals surface area contributed by atoms with E-state index in [0.717, 1.165) is 44.8 Å². The van der Waals surface area contributed by atoms with E-state index in [2.05, 4.69) is 41.9 Å². The van der Waals surface area contributed by atoms with Crippen LogP contribution in [0.25, 0.3) is 22.8 Å². The van der Waals surface area contributed by atoms with Gasteiger partial charge in [-0.05, 0) is 161 Å². The van der Waals surface area contributed by atoms with Crippen molar-refractivity contribution in [2.45, 2.75) is 214 Å². The SMILES string of the molecule is Cc1ccc(Cn2c3nc(c2C)C(=O)N[C@@H](C(C)C)c2nc4c(C)n2Cc2ccc(nc2)-c2ccc(cn2)Cn2c5nc(c2C)C(=O)N[C@@H](C(C)C)c2nc(c(C)n2Cc2ccc(C)nc2)C(=O)N[C@@H](C(C)C)c2nc(c(C)n2Cc2ccc(nc2)-c2ccc(cn2)Cn2c(nc(c2C)C(=O)N[C@H]3C(C)C)[C@H](C(C)C)NC4=O)C(=O)N[C@H]5C(C)C)cn1. The van der Waals surface area contributed by atoms with Crippen molar-refractivity contribution < 1.29 is 28.8 Å². The molecule has 9 aliphatic heterocycles. The molecule has 122 heavy (non-hydrogen) atoms. The van der Waals surface area contributed by atoms with Crippen molar-refractivity contribution in [2.24, 2.45) is 35.5 Å². The third-order valence-corrected chi connectivity index (χ3v) is 24.0. The molecule has 0 saturated heterocycles. The Morgan fingerprint density at radius 2 is 0.484 bits per heavy atom. The average Bonchev–Trinajstić information content (AvgIpc) is 1.62. The molecule has 22 bridgehead atoms. The van der Waals surface area contributed by atoms with E-state index in [0.29, 0.717) is 91.9 Å². The Labute approximate surface area is 710 Å². The van der Waals surface area contributed by atoms with E-state index in [1.807, 2.05) is 239 Å². The predicted molar refractivity (Wildman–Crippen MR) is 460 cm³/mol. The zero-order valence-electron chi connectivity index (χ0n) is 73.1. The topological polar surface area (TPSA) is 359 Å². The van der Waals surface area contributed by atoms with E-state index in [1.165, 1.54) is 0 Å². The van der Waals surface area contributed by atoms with Crippen molar-refractivity contribution in [1.29, 1.82) is 0 Å². The van der Waals surface area contributed by atoms with Crippen molar-refractivity contribution in [3.63, 3.8) is 0 Å². The molecular weight excluding hydrogens is 1540 g/mol. The number of amides is 6. The van der Waals surface area contributed by atoms with Gasteiger partial charge in [0.05, 0.1) is 98.3 Å². The van der Waals surface area contributed by atoms with Crippen LogP contribution in [0.5, 0.6) is 0 Å². The lowest BCUT2D eigenvalue weighted by Gasteiger charge is -2.23. The first kappa shape index (κ1) is 84.0. The van der Waals surface area contributed by atoms with Crippen LogP contribution in [-0.4, -0.2) is 123 Å². The molecule has 0 unspecified atom stereocenters. The highest BCUT2D eigenvalue weighted by molar-refractivity contribution is 5.98. The van der Waals surface area contributed by atoms with Crippen LogP contribution in [0.4, 0.5) is 0 Å². The maximum Gasteiger partial charge on any atom is 0.272 e. The van der Waals surface area contributed by atoms with Crippen LogP contribution in [0.1, 0.15) is 296 Å². The molecule has 12 aromatic heterocycles. The highest BCUT2D eigenvalue weighted by atomic mass is 16.2. The van der Waals surface area contributed by atoms with Gasteiger partial charge in [-0.3, -0.25) is 58.7 Å². The van der Waals surface area contributed by atoms with Crippen LogP contribution in [0.15, 0.2) is 110 Å². The van der Waals surface area contributed by atoms with Gasteiger partial charge in [-0.1, -0.05) is 119 Å². The van der Waals surface area contributed by atoms with Gasteiger partial charge >= 0.3 is 0 Å². The Morgan fingerprint density at radius 3 is 0.680 bits per heavy atom. The minimum Gasteiger partial charge on any atom is -0.340 e. The quantitative estimate of drug-likeness (QED) is 0.0740. The molecule has 6 N–H and O–H groups in total. The van der Waals surface area contributed by atoms with E-state index >= 15 is 28.8 Å². The maximum atomic E-state index is 15.6. The fourth-order valence-corrected chi connectivity index (χ4v) is 16.6. The number of imidazole rings is 6. The molecule has 9 aliphatic rings. The number of aryl methyl sites for hydroxylation is 2. The van der Waals surface area contributed by atoms with Gasteiger partial charge in [-0.2, -0.15) is 0 Å². The van der Waals surface area contributed by atoms with Gasteiger partial charge in [0.25, 0.3) is 35.4 Å². The molecule has 30 nitrogen and oxygen atoms in total. The van der Waals surface area contributed by atoms with Gasteiger partial charge in [0.2, 0.25) is 0 Å². The molecule has 30 heteroatoms. The standard InChI is InChI=1S/C92H108N24O6/c1-45(2)69-81-99-75(53(15)111(81)39-59-23-21-51(13)93-33-59)87(117)107-71(47(5)6)83-103-79-57(19)115(83)43-63-27-31-68(97-37-63)66-30-26-62(36-96-66)42-114-56(18)78-90(120)106-70(46(3)4)82-100-76(54(16)112(82)40-60-24-22-52(14)94-34-60)88(118)108-72(48(7)8)84-104-80(92(122)110-74(50(11)12)86(114)102-78)58(20)116(84)44-64-28-32-67(98-38-64)65-29-25-61(35-95-65)41-113-55(17)77(89(119)105-69)101-85(113)73(49(9)10)109-91(79)121/h21-38,45-50,69-74H,39-44H2,1-20H3,(H,105,119)(H,106,120)(H,107,117)(H,108,118)(H,109,121)(H,110,122)/t69-,70-,71-,72-,73-,74-/m0/s1. The minimum absolute atomic E-state index is 0.125. The molecule has 6 atom stereocenters. The highest BCUT2D eigenvalue weighted by Gasteiger charge is 2.40. The second kappa shape index (κ2) is 33.9. The van der Waals surface area contributed by atoms with Crippen molar-refractivity contribution in [3.05, 3.63) is 258 Å². The van der Waals surface area contributed by atoms with Crippen LogP contribution < -0.4 is 31.9 Å². The molecule has 0 saturated carbocycles. The summed E-state index contributed by atoms with van der Waals surface area (Å²) in [4.78, 5) is 154. The van der Waals surface area contributed by atoms with Crippen molar-refractivity contribution in [2.75, 3.05) is 0 Å². The maximum absolute atomic E-state index is 15.6. The number of nitrogens with one attached hydrogen (secondary N) is 6. The molecule has 0 radical (unpaired) electrons. The number of nitrogens with zero attached hydrogens (tertiary/aromatic N) is 18. The molecule has 12 aromatic rings. The largest absolute Gasteiger partial charge is 0.340 e. The molecule has 0 fully saturated rings. The molecule has 0 aliphatic carbocycles. The summed E-state index contributed by atoms with van der Waals surface area (Å²) in [6.07, 6.45) is 10.7. The minimum atomic E-state index is -0.796. The number of aromatic nitrogens is 18. The number of carbonyl (C=O) groups excluding carboxylic acids is 6. The second-order valence-corrected chi connectivity index (χ2v) is 34.9. The lowest BCUT2D eigenvalue weighted by molar-refractivity contribution is 0.0901. The van der Waals surface area contributed by atoms with Crippen LogP contribution in [0, 0.1) is 90.9 Å².